The van der Waals surface area contributed by atoms with Gasteiger partial charge in [0.1, 0.15) is 5.75 Å². The highest BCUT2D eigenvalue weighted by Crippen LogP contribution is 2.12. The molecule has 0 atom stereocenters. The number of rotatable bonds is 5. The number of piperidine rings is 1. The average molecular weight is 299 g/mol. The van der Waals surface area contributed by atoms with Crippen molar-refractivity contribution in [2.75, 3.05) is 26.2 Å². The van der Waals surface area contributed by atoms with Gasteiger partial charge < -0.3 is 15.4 Å². The van der Waals surface area contributed by atoms with Gasteiger partial charge in [0.05, 0.1) is 0 Å². The third-order valence-electron chi connectivity index (χ3n) is 3.41. The summed E-state index contributed by atoms with van der Waals surface area (Å²) in [4.78, 5) is 11.7. The standard InChI is InChI=1S/C15H22N2O2.ClH/c1-12-3-2-4-14(9-12)19-11-15(18)17-10-13-5-7-16-8-6-13;/h2-4,9,13,16H,5-8,10-11H2,1H3,(H,17,18);1H. The zero-order valence-electron chi connectivity index (χ0n) is 11.9. The average Bonchev–Trinajstić information content (AvgIpc) is 2.44. The zero-order chi connectivity index (χ0) is 13.5. The molecular weight excluding hydrogens is 276 g/mol. The first-order valence-corrected chi connectivity index (χ1v) is 6.91. The second kappa shape index (κ2) is 8.82. The van der Waals surface area contributed by atoms with Gasteiger partial charge in [0.2, 0.25) is 0 Å². The van der Waals surface area contributed by atoms with Crippen molar-refractivity contribution in [3.63, 3.8) is 0 Å². The minimum atomic E-state index is -0.0416. The van der Waals surface area contributed by atoms with Crippen molar-refractivity contribution in [3.8, 4) is 5.75 Å². The minimum absolute atomic E-state index is 0. The molecule has 1 heterocycles. The molecule has 20 heavy (non-hydrogen) atoms. The van der Waals surface area contributed by atoms with Crippen LogP contribution < -0.4 is 15.4 Å². The Labute approximate surface area is 126 Å². The van der Waals surface area contributed by atoms with Crippen LogP contribution in [0.2, 0.25) is 0 Å². The van der Waals surface area contributed by atoms with E-state index in [0.29, 0.717) is 5.92 Å². The SMILES string of the molecule is Cc1cccc(OCC(=O)NCC2CCNCC2)c1.Cl. The monoisotopic (exact) mass is 298 g/mol. The lowest BCUT2D eigenvalue weighted by Crippen LogP contribution is -2.37. The summed E-state index contributed by atoms with van der Waals surface area (Å²) in [5.41, 5.74) is 1.13. The van der Waals surface area contributed by atoms with Crippen molar-refractivity contribution in [2.24, 2.45) is 5.92 Å². The Bertz CT molecular complexity index is 420. The predicted octanol–water partition coefficient (Wildman–Crippen LogP) is 1.91. The molecule has 0 spiro atoms. The molecule has 2 N–H and O–H groups in total. The van der Waals surface area contributed by atoms with Crippen LogP contribution >= 0.6 is 12.4 Å². The van der Waals surface area contributed by atoms with Gasteiger partial charge in [-0.05, 0) is 56.5 Å². The molecule has 1 saturated heterocycles. The Hall–Kier alpha value is -1.26. The van der Waals surface area contributed by atoms with Gasteiger partial charge in [0, 0.05) is 6.54 Å². The van der Waals surface area contributed by atoms with Crippen LogP contribution in [0.5, 0.6) is 5.75 Å². The molecule has 1 aromatic carbocycles. The maximum Gasteiger partial charge on any atom is 0.257 e. The highest BCUT2D eigenvalue weighted by atomic mass is 35.5. The first kappa shape index (κ1) is 16.8. The second-order valence-corrected chi connectivity index (χ2v) is 5.10. The summed E-state index contributed by atoms with van der Waals surface area (Å²) in [6.07, 6.45) is 2.28. The molecule has 2 rings (SSSR count). The number of nitrogens with one attached hydrogen (secondary N) is 2. The Kier molecular flexibility index (Phi) is 7.41. The van der Waals surface area contributed by atoms with Crippen molar-refractivity contribution >= 4 is 18.3 Å². The molecule has 0 saturated carbocycles. The number of ether oxygens (including phenoxy) is 1. The third kappa shape index (κ3) is 5.80. The first-order valence-electron chi connectivity index (χ1n) is 6.91. The topological polar surface area (TPSA) is 50.4 Å². The molecule has 112 valence electrons. The van der Waals surface area contributed by atoms with Crippen LogP contribution in [0.1, 0.15) is 18.4 Å². The lowest BCUT2D eigenvalue weighted by atomic mass is 9.98. The molecule has 1 aromatic rings. The molecule has 1 amide bonds. The molecule has 1 aliphatic rings. The van der Waals surface area contributed by atoms with Crippen LogP contribution in [0.4, 0.5) is 0 Å². The quantitative estimate of drug-likeness (QED) is 0.873. The van der Waals surface area contributed by atoms with E-state index in [1.165, 1.54) is 0 Å². The molecule has 0 bridgehead atoms. The van der Waals surface area contributed by atoms with Crippen molar-refractivity contribution in [1.29, 1.82) is 0 Å². The summed E-state index contributed by atoms with van der Waals surface area (Å²) in [7, 11) is 0. The molecule has 4 nitrogen and oxygen atoms in total. The Morgan fingerprint density at radius 3 is 2.85 bits per heavy atom. The van der Waals surface area contributed by atoms with Gasteiger partial charge in [0.15, 0.2) is 6.61 Å². The van der Waals surface area contributed by atoms with E-state index in [-0.39, 0.29) is 24.9 Å². The molecule has 5 heteroatoms. The van der Waals surface area contributed by atoms with Gasteiger partial charge in [0.25, 0.3) is 5.91 Å². The third-order valence-corrected chi connectivity index (χ3v) is 3.41. The second-order valence-electron chi connectivity index (χ2n) is 5.10. The van der Waals surface area contributed by atoms with Gasteiger partial charge in [-0.2, -0.15) is 0 Å². The Balaban J connectivity index is 0.00000200. The molecule has 0 unspecified atom stereocenters. The smallest absolute Gasteiger partial charge is 0.257 e. The summed E-state index contributed by atoms with van der Waals surface area (Å²) in [5.74, 6) is 1.31. The van der Waals surface area contributed by atoms with E-state index in [1.54, 1.807) is 0 Å². The van der Waals surface area contributed by atoms with E-state index in [9.17, 15) is 4.79 Å². The summed E-state index contributed by atoms with van der Waals surface area (Å²) in [5, 5.41) is 6.26. The minimum Gasteiger partial charge on any atom is -0.484 e. The van der Waals surface area contributed by atoms with Gasteiger partial charge in [-0.1, -0.05) is 12.1 Å². The van der Waals surface area contributed by atoms with Gasteiger partial charge >= 0.3 is 0 Å². The van der Waals surface area contributed by atoms with Gasteiger partial charge in [-0.3, -0.25) is 4.79 Å². The first-order chi connectivity index (χ1) is 9.24. The number of hydrogen-bond donors (Lipinski definition) is 2. The number of carbonyl (C=O) groups is 1. The van der Waals surface area contributed by atoms with E-state index in [4.69, 9.17) is 4.74 Å². The lowest BCUT2D eigenvalue weighted by molar-refractivity contribution is -0.123. The molecular formula is C15H23ClN2O2. The maximum absolute atomic E-state index is 11.7. The van der Waals surface area contributed by atoms with Crippen LogP contribution in [0.25, 0.3) is 0 Å². The number of halogens is 1. The van der Waals surface area contributed by atoms with Crippen molar-refractivity contribution in [3.05, 3.63) is 29.8 Å². The van der Waals surface area contributed by atoms with Crippen LogP contribution in [-0.4, -0.2) is 32.1 Å². The highest BCUT2D eigenvalue weighted by molar-refractivity contribution is 5.85. The van der Waals surface area contributed by atoms with E-state index >= 15 is 0 Å². The van der Waals surface area contributed by atoms with Crippen LogP contribution in [0.3, 0.4) is 0 Å². The molecule has 1 fully saturated rings. The molecule has 0 aliphatic carbocycles. The van der Waals surface area contributed by atoms with Crippen LogP contribution in [0, 0.1) is 12.8 Å². The Morgan fingerprint density at radius 1 is 1.40 bits per heavy atom. The Morgan fingerprint density at radius 2 is 2.15 bits per heavy atom. The van der Waals surface area contributed by atoms with Gasteiger partial charge in [-0.15, -0.1) is 12.4 Å². The predicted molar refractivity (Wildman–Crippen MR) is 82.5 cm³/mol. The van der Waals surface area contributed by atoms with Crippen molar-refractivity contribution in [1.82, 2.24) is 10.6 Å². The number of carbonyl (C=O) groups excluding carboxylic acids is 1. The maximum atomic E-state index is 11.7. The van der Waals surface area contributed by atoms with E-state index in [2.05, 4.69) is 10.6 Å². The van der Waals surface area contributed by atoms with Gasteiger partial charge in [-0.25, -0.2) is 0 Å². The largest absolute Gasteiger partial charge is 0.484 e. The van der Waals surface area contributed by atoms with E-state index in [0.717, 1.165) is 43.8 Å². The fourth-order valence-corrected chi connectivity index (χ4v) is 2.25. The van der Waals surface area contributed by atoms with Crippen molar-refractivity contribution in [2.45, 2.75) is 19.8 Å². The number of amides is 1. The van der Waals surface area contributed by atoms with E-state index < -0.39 is 0 Å². The fourth-order valence-electron chi connectivity index (χ4n) is 2.25. The number of aryl methyl sites for hydroxylation is 1. The summed E-state index contributed by atoms with van der Waals surface area (Å²) < 4.78 is 5.46. The van der Waals surface area contributed by atoms with Crippen LogP contribution in [-0.2, 0) is 4.79 Å². The van der Waals surface area contributed by atoms with Crippen LogP contribution in [0.15, 0.2) is 24.3 Å². The number of benzene rings is 1. The normalized spacial score (nSPS) is 15.2. The van der Waals surface area contributed by atoms with Crippen molar-refractivity contribution < 1.29 is 9.53 Å². The van der Waals surface area contributed by atoms with E-state index in [1.807, 2.05) is 31.2 Å². The summed E-state index contributed by atoms with van der Waals surface area (Å²) in [6, 6.07) is 7.73. The molecule has 0 radical (unpaired) electrons. The lowest BCUT2D eigenvalue weighted by Gasteiger charge is -2.22. The summed E-state index contributed by atoms with van der Waals surface area (Å²) in [6.45, 7) is 4.97. The molecule has 1 aliphatic heterocycles. The zero-order valence-corrected chi connectivity index (χ0v) is 12.7. The number of hydrogen-bond acceptors (Lipinski definition) is 3. The summed E-state index contributed by atoms with van der Waals surface area (Å²) >= 11 is 0. The highest BCUT2D eigenvalue weighted by Gasteiger charge is 2.13. The molecule has 0 aromatic heterocycles. The fraction of sp³-hybridized carbons (Fsp3) is 0.533.